The average molecular weight is 386 g/mol. The smallest absolute Gasteiger partial charge is 0.191 e. The molecule has 1 aliphatic heterocycles. The van der Waals surface area contributed by atoms with Gasteiger partial charge in [-0.05, 0) is 43.2 Å². The van der Waals surface area contributed by atoms with Crippen molar-refractivity contribution in [1.29, 1.82) is 0 Å². The summed E-state index contributed by atoms with van der Waals surface area (Å²) < 4.78 is 23.4. The number of hydrogen-bond acceptors (Lipinski definition) is 5. The minimum Gasteiger partial charge on any atom is -0.387 e. The molecular weight excluding hydrogens is 358 g/mol. The maximum atomic E-state index is 11.7. The van der Waals surface area contributed by atoms with Crippen molar-refractivity contribution in [2.24, 2.45) is 4.99 Å². The van der Waals surface area contributed by atoms with Gasteiger partial charge in [0.1, 0.15) is 0 Å². The monoisotopic (exact) mass is 385 g/mol. The molecule has 6 nitrogen and oxygen atoms in total. The van der Waals surface area contributed by atoms with Crippen molar-refractivity contribution in [2.75, 3.05) is 30.9 Å². The van der Waals surface area contributed by atoms with Crippen molar-refractivity contribution >= 4 is 27.6 Å². The Morgan fingerprint density at radius 3 is 2.72 bits per heavy atom. The number of aliphatic hydroxyl groups is 1. The van der Waals surface area contributed by atoms with Crippen LogP contribution in [0.4, 0.5) is 0 Å². The summed E-state index contributed by atoms with van der Waals surface area (Å²) >= 11 is 1.76. The maximum absolute atomic E-state index is 11.7. The molecule has 140 valence electrons. The minimum atomic E-state index is -3.21. The van der Waals surface area contributed by atoms with Gasteiger partial charge < -0.3 is 15.7 Å². The first kappa shape index (κ1) is 20.1. The number of sulfone groups is 1. The third-order valence-electron chi connectivity index (χ3n) is 4.07. The molecule has 1 fully saturated rings. The number of nitrogens with zero attached hydrogens (tertiary/aromatic N) is 1. The van der Waals surface area contributed by atoms with Crippen LogP contribution in [-0.4, -0.2) is 55.9 Å². The van der Waals surface area contributed by atoms with Gasteiger partial charge >= 0.3 is 0 Å². The molecule has 1 unspecified atom stereocenters. The van der Waals surface area contributed by atoms with Crippen molar-refractivity contribution in [3.05, 3.63) is 29.3 Å². The molecule has 1 aliphatic rings. The predicted molar refractivity (Wildman–Crippen MR) is 104 cm³/mol. The van der Waals surface area contributed by atoms with Crippen molar-refractivity contribution in [2.45, 2.75) is 37.3 Å². The summed E-state index contributed by atoms with van der Waals surface area (Å²) in [6.45, 7) is 5.42. The van der Waals surface area contributed by atoms with E-state index in [9.17, 15) is 13.5 Å². The predicted octanol–water partition coefficient (Wildman–Crippen LogP) is 1.32. The highest BCUT2D eigenvalue weighted by molar-refractivity contribution is 7.99. The Kier molecular flexibility index (Phi) is 6.76. The summed E-state index contributed by atoms with van der Waals surface area (Å²) in [7, 11) is -3.21. The SMILES string of the molecule is CCNC(=NCc1ccc(S(C)(=O)=O)c(C)c1)NCC1(O)CCSC1. The van der Waals surface area contributed by atoms with Crippen molar-refractivity contribution < 1.29 is 13.5 Å². The van der Waals surface area contributed by atoms with E-state index in [0.717, 1.165) is 35.6 Å². The Labute approximate surface area is 154 Å². The molecule has 3 N–H and O–H groups in total. The second kappa shape index (κ2) is 8.42. The van der Waals surface area contributed by atoms with Gasteiger partial charge in [0.15, 0.2) is 15.8 Å². The van der Waals surface area contributed by atoms with Crippen molar-refractivity contribution in [3.63, 3.8) is 0 Å². The Balaban J connectivity index is 2.04. The number of nitrogens with one attached hydrogen (secondary N) is 2. The number of aryl methyl sites for hydroxylation is 1. The molecule has 25 heavy (non-hydrogen) atoms. The molecule has 1 aromatic carbocycles. The second-order valence-electron chi connectivity index (χ2n) is 6.45. The van der Waals surface area contributed by atoms with Crippen LogP contribution in [0.2, 0.25) is 0 Å². The van der Waals surface area contributed by atoms with Crippen molar-refractivity contribution in [1.82, 2.24) is 10.6 Å². The fourth-order valence-electron chi connectivity index (χ4n) is 2.72. The number of hydrogen-bond donors (Lipinski definition) is 3. The zero-order chi connectivity index (χ0) is 18.5. The zero-order valence-electron chi connectivity index (χ0n) is 15.0. The molecule has 0 spiro atoms. The van der Waals surface area contributed by atoms with Gasteiger partial charge in [0, 0.05) is 25.1 Å². The second-order valence-corrected chi connectivity index (χ2v) is 9.54. The molecule has 0 radical (unpaired) electrons. The summed E-state index contributed by atoms with van der Waals surface area (Å²) in [5, 5.41) is 16.8. The lowest BCUT2D eigenvalue weighted by atomic mass is 10.0. The molecule has 1 saturated heterocycles. The maximum Gasteiger partial charge on any atom is 0.191 e. The molecule has 1 atom stereocenters. The first-order valence-corrected chi connectivity index (χ1v) is 11.4. The summed E-state index contributed by atoms with van der Waals surface area (Å²) in [4.78, 5) is 4.89. The summed E-state index contributed by atoms with van der Waals surface area (Å²) in [5.74, 6) is 2.38. The molecule has 2 rings (SSSR count). The van der Waals surface area contributed by atoms with Crippen LogP contribution in [0.5, 0.6) is 0 Å². The molecule has 1 aromatic rings. The lowest BCUT2D eigenvalue weighted by Crippen LogP contribution is -2.47. The normalized spacial score (nSPS) is 21.4. The van der Waals surface area contributed by atoms with E-state index in [4.69, 9.17) is 0 Å². The highest BCUT2D eigenvalue weighted by Crippen LogP contribution is 2.26. The highest BCUT2D eigenvalue weighted by atomic mass is 32.2. The van der Waals surface area contributed by atoms with Gasteiger partial charge in [-0.3, -0.25) is 0 Å². The van der Waals surface area contributed by atoms with E-state index in [1.54, 1.807) is 30.8 Å². The van der Waals surface area contributed by atoms with Gasteiger partial charge in [-0.15, -0.1) is 0 Å². The standard InChI is InChI=1S/C17H27N3O3S2/c1-4-18-16(20-11-17(21)7-8-24-12-17)19-10-14-5-6-15(13(2)9-14)25(3,22)23/h5-6,9,21H,4,7-8,10-12H2,1-3H3,(H2,18,19,20). The largest absolute Gasteiger partial charge is 0.387 e. The van der Waals surface area contributed by atoms with Crippen LogP contribution in [0.3, 0.4) is 0 Å². The molecule has 8 heteroatoms. The van der Waals surface area contributed by atoms with E-state index in [0.29, 0.717) is 23.9 Å². The van der Waals surface area contributed by atoms with Crippen LogP contribution in [0.25, 0.3) is 0 Å². The van der Waals surface area contributed by atoms with Crippen LogP contribution < -0.4 is 10.6 Å². The van der Waals surface area contributed by atoms with E-state index < -0.39 is 15.4 Å². The lowest BCUT2D eigenvalue weighted by molar-refractivity contribution is 0.0724. The van der Waals surface area contributed by atoms with Crippen LogP contribution in [0, 0.1) is 6.92 Å². The highest BCUT2D eigenvalue weighted by Gasteiger charge is 2.31. The topological polar surface area (TPSA) is 90.8 Å². The van der Waals surface area contributed by atoms with E-state index in [2.05, 4.69) is 15.6 Å². The number of thioether (sulfide) groups is 1. The third kappa shape index (κ3) is 5.90. The Hall–Kier alpha value is -1.25. The minimum absolute atomic E-state index is 0.353. The summed E-state index contributed by atoms with van der Waals surface area (Å²) in [6, 6.07) is 5.27. The van der Waals surface area contributed by atoms with E-state index in [-0.39, 0.29) is 0 Å². The number of benzene rings is 1. The fraction of sp³-hybridized carbons (Fsp3) is 0.588. The molecule has 0 aromatic heterocycles. The van der Waals surface area contributed by atoms with Crippen LogP contribution in [0.15, 0.2) is 28.1 Å². The number of aliphatic imine (C=N–C) groups is 1. The number of guanidine groups is 1. The van der Waals surface area contributed by atoms with Gasteiger partial charge in [-0.25, -0.2) is 13.4 Å². The van der Waals surface area contributed by atoms with Gasteiger partial charge in [0.2, 0.25) is 0 Å². The van der Waals surface area contributed by atoms with E-state index >= 15 is 0 Å². The number of rotatable bonds is 6. The molecular formula is C17H27N3O3S2. The van der Waals surface area contributed by atoms with Crippen molar-refractivity contribution in [3.8, 4) is 0 Å². The van der Waals surface area contributed by atoms with Crippen LogP contribution >= 0.6 is 11.8 Å². The Morgan fingerprint density at radius 2 is 2.16 bits per heavy atom. The van der Waals surface area contributed by atoms with Gasteiger partial charge in [0.25, 0.3) is 0 Å². The molecule has 0 amide bonds. The van der Waals surface area contributed by atoms with Crippen LogP contribution in [-0.2, 0) is 16.4 Å². The molecule has 0 bridgehead atoms. The first-order valence-electron chi connectivity index (χ1n) is 8.35. The van der Waals surface area contributed by atoms with Gasteiger partial charge in [0.05, 0.1) is 17.0 Å². The quantitative estimate of drug-likeness (QED) is 0.505. The molecule has 1 heterocycles. The van der Waals surface area contributed by atoms with Crippen LogP contribution in [0.1, 0.15) is 24.5 Å². The Bertz CT molecular complexity index is 727. The zero-order valence-corrected chi connectivity index (χ0v) is 16.6. The van der Waals surface area contributed by atoms with Gasteiger partial charge in [-0.2, -0.15) is 11.8 Å². The fourth-order valence-corrected chi connectivity index (χ4v) is 4.98. The van der Waals surface area contributed by atoms with Gasteiger partial charge in [-0.1, -0.05) is 12.1 Å². The molecule has 0 aliphatic carbocycles. The van der Waals surface area contributed by atoms with E-state index in [1.165, 1.54) is 6.26 Å². The molecule has 0 saturated carbocycles. The summed E-state index contributed by atoms with van der Waals surface area (Å²) in [6.07, 6.45) is 2.00. The first-order chi connectivity index (χ1) is 11.7. The average Bonchev–Trinajstić information content (AvgIpc) is 2.96. The lowest BCUT2D eigenvalue weighted by Gasteiger charge is -2.23. The van der Waals surface area contributed by atoms with E-state index in [1.807, 2.05) is 13.0 Å². The Morgan fingerprint density at radius 1 is 1.40 bits per heavy atom. The summed E-state index contributed by atoms with van der Waals surface area (Å²) in [5.41, 5.74) is 0.997. The third-order valence-corrected chi connectivity index (χ3v) is 6.56.